The minimum atomic E-state index is -1.06. The molecule has 12 heteroatoms. The Morgan fingerprint density at radius 2 is 1.98 bits per heavy atom. The first-order chi connectivity index (χ1) is 19.3. The van der Waals surface area contributed by atoms with Crippen LogP contribution in [0, 0.1) is 0 Å². The number of carbonyl (C=O) groups is 3. The van der Waals surface area contributed by atoms with Gasteiger partial charge in [-0.1, -0.05) is 24.3 Å². The van der Waals surface area contributed by atoms with Crippen molar-refractivity contribution in [2.24, 2.45) is 5.73 Å². The summed E-state index contributed by atoms with van der Waals surface area (Å²) in [5.41, 5.74) is 12.5. The molecule has 5 N–H and O–H groups in total. The van der Waals surface area contributed by atoms with Crippen LogP contribution in [0.2, 0.25) is 0 Å². The van der Waals surface area contributed by atoms with Crippen molar-refractivity contribution in [3.63, 3.8) is 0 Å². The number of primary amides is 1. The van der Waals surface area contributed by atoms with E-state index in [9.17, 15) is 14.4 Å². The molecular weight excluding hydrogens is 534 g/mol. The number of benzene rings is 2. The molecule has 1 saturated heterocycles. The van der Waals surface area contributed by atoms with Gasteiger partial charge in [0.1, 0.15) is 22.4 Å². The molecule has 1 fully saturated rings. The number of nitrogens with two attached hydrogens (primary N) is 2. The van der Waals surface area contributed by atoms with Crippen molar-refractivity contribution in [2.75, 3.05) is 32.6 Å². The molecule has 212 valence electrons. The number of amides is 3. The Morgan fingerprint density at radius 3 is 2.60 bits per heavy atom. The van der Waals surface area contributed by atoms with Crippen molar-refractivity contribution in [1.82, 2.24) is 14.6 Å². The number of ether oxygens (including phenoxy) is 3. The maximum atomic E-state index is 14.1. The molecular formula is C28H33N5O6S. The van der Waals surface area contributed by atoms with Crippen LogP contribution in [0.4, 0.5) is 5.69 Å². The number of rotatable bonds is 12. The zero-order chi connectivity index (χ0) is 28.6. The Bertz CT molecular complexity index is 1340. The monoisotopic (exact) mass is 567 g/mol. The molecule has 0 radical (unpaired) electrons. The van der Waals surface area contributed by atoms with Crippen LogP contribution >= 0.6 is 11.5 Å². The second-order valence-corrected chi connectivity index (χ2v) is 9.98. The van der Waals surface area contributed by atoms with Crippen LogP contribution in [0.25, 0.3) is 0 Å². The van der Waals surface area contributed by atoms with Crippen molar-refractivity contribution < 1.29 is 28.6 Å². The van der Waals surface area contributed by atoms with Gasteiger partial charge in [0.25, 0.3) is 11.8 Å². The summed E-state index contributed by atoms with van der Waals surface area (Å²) in [6.07, 6.45) is 1.67. The van der Waals surface area contributed by atoms with E-state index in [4.69, 9.17) is 25.7 Å². The van der Waals surface area contributed by atoms with Crippen LogP contribution in [-0.2, 0) is 16.1 Å². The number of hydrogen-bond acceptors (Lipinski definition) is 9. The molecule has 2 aromatic carbocycles. The molecule has 1 aliphatic heterocycles. The van der Waals surface area contributed by atoms with Gasteiger partial charge in [-0.15, -0.1) is 0 Å². The highest BCUT2D eigenvalue weighted by Crippen LogP contribution is 2.31. The average Bonchev–Trinajstić information content (AvgIpc) is 3.62. The molecule has 0 saturated carbocycles. The minimum Gasteiger partial charge on any atom is -0.497 e. The Morgan fingerprint density at radius 1 is 1.20 bits per heavy atom. The Balaban J connectivity index is 1.77. The highest BCUT2D eigenvalue weighted by molar-refractivity contribution is 7.09. The number of hydrogen-bond donors (Lipinski definition) is 3. The molecule has 2 heterocycles. The van der Waals surface area contributed by atoms with E-state index < -0.39 is 23.8 Å². The lowest BCUT2D eigenvalue weighted by molar-refractivity contribution is -0.126. The number of anilines is 1. The summed E-state index contributed by atoms with van der Waals surface area (Å²) >= 11 is 0.763. The van der Waals surface area contributed by atoms with E-state index in [0.29, 0.717) is 42.4 Å². The number of nitrogen functional groups attached to an aromatic ring is 1. The van der Waals surface area contributed by atoms with Crippen LogP contribution in [0.3, 0.4) is 0 Å². The quantitative estimate of drug-likeness (QED) is 0.301. The van der Waals surface area contributed by atoms with Crippen LogP contribution in [0.15, 0.2) is 48.5 Å². The molecule has 11 nitrogen and oxygen atoms in total. The first kappa shape index (κ1) is 28.8. The van der Waals surface area contributed by atoms with Gasteiger partial charge in [0.2, 0.25) is 5.91 Å². The highest BCUT2D eigenvalue weighted by atomic mass is 32.1. The van der Waals surface area contributed by atoms with Gasteiger partial charge < -0.3 is 35.9 Å². The lowest BCUT2D eigenvalue weighted by atomic mass is 10.0. The fraction of sp³-hybridized carbons (Fsp3) is 0.357. The fourth-order valence-corrected chi connectivity index (χ4v) is 5.27. The molecule has 0 bridgehead atoms. The maximum Gasteiger partial charge on any atom is 0.270 e. The Hall–Kier alpha value is -4.16. The third kappa shape index (κ3) is 6.69. The predicted octanol–water partition coefficient (Wildman–Crippen LogP) is 2.91. The predicted molar refractivity (Wildman–Crippen MR) is 150 cm³/mol. The van der Waals surface area contributed by atoms with E-state index in [1.165, 1.54) is 4.90 Å². The van der Waals surface area contributed by atoms with Crippen LogP contribution < -0.4 is 26.3 Å². The zero-order valence-corrected chi connectivity index (χ0v) is 23.2. The summed E-state index contributed by atoms with van der Waals surface area (Å²) in [4.78, 5) is 41.2. The van der Waals surface area contributed by atoms with Gasteiger partial charge in [-0.05, 0) is 66.7 Å². The first-order valence-corrected chi connectivity index (χ1v) is 13.7. The SMILES string of the molecule is CCOc1ccc([C@@H](C(=O)NC[C@H]2CCCO2)N(Cc2cccc(OC)c2)C(=O)c2snc(C(N)=O)c2N)cc1. The lowest BCUT2D eigenvalue weighted by Crippen LogP contribution is -2.45. The van der Waals surface area contributed by atoms with E-state index in [2.05, 4.69) is 9.69 Å². The van der Waals surface area contributed by atoms with Gasteiger partial charge in [0.15, 0.2) is 5.69 Å². The first-order valence-electron chi connectivity index (χ1n) is 12.9. The molecule has 2 atom stereocenters. The molecule has 0 aliphatic carbocycles. The van der Waals surface area contributed by atoms with Crippen LogP contribution in [0.1, 0.15) is 57.1 Å². The van der Waals surface area contributed by atoms with Crippen molar-refractivity contribution in [2.45, 2.75) is 38.5 Å². The third-order valence-corrected chi connectivity index (χ3v) is 7.35. The van der Waals surface area contributed by atoms with Gasteiger partial charge in [-0.3, -0.25) is 14.4 Å². The maximum absolute atomic E-state index is 14.1. The second-order valence-electron chi connectivity index (χ2n) is 9.21. The van der Waals surface area contributed by atoms with E-state index in [1.54, 1.807) is 49.6 Å². The molecule has 0 unspecified atom stereocenters. The molecule has 4 rings (SSSR count). The third-order valence-electron chi connectivity index (χ3n) is 6.50. The van der Waals surface area contributed by atoms with Gasteiger partial charge in [-0.25, -0.2) is 0 Å². The van der Waals surface area contributed by atoms with Crippen molar-refractivity contribution in [1.29, 1.82) is 0 Å². The lowest BCUT2D eigenvalue weighted by Gasteiger charge is -2.32. The number of methoxy groups -OCH3 is 1. The van der Waals surface area contributed by atoms with Crippen LogP contribution in [0.5, 0.6) is 11.5 Å². The van der Waals surface area contributed by atoms with Gasteiger partial charge in [0.05, 0.1) is 25.5 Å². The standard InChI is InChI=1S/C28H33N5O6S/c1-3-38-19-11-9-18(10-12-19)24(27(35)31-15-21-8-5-13-39-21)33(16-17-6-4-7-20(14-17)37-2)28(36)25-22(29)23(26(30)34)32-40-25/h4,6-7,9-12,14,21,24H,3,5,8,13,15-16,29H2,1-2H3,(H2,30,34)(H,31,35)/t21-,24+/m1/s1. The molecule has 3 amide bonds. The average molecular weight is 568 g/mol. The van der Waals surface area contributed by atoms with E-state index in [1.807, 2.05) is 13.0 Å². The largest absolute Gasteiger partial charge is 0.497 e. The molecule has 1 aromatic heterocycles. The number of nitrogens with one attached hydrogen (secondary N) is 1. The summed E-state index contributed by atoms with van der Waals surface area (Å²) in [5.74, 6) is -0.581. The number of aromatic nitrogens is 1. The second kappa shape index (κ2) is 13.3. The zero-order valence-electron chi connectivity index (χ0n) is 22.4. The molecule has 0 spiro atoms. The Kier molecular flexibility index (Phi) is 9.56. The number of nitrogens with zero attached hydrogens (tertiary/aromatic N) is 2. The van der Waals surface area contributed by atoms with Gasteiger partial charge >= 0.3 is 0 Å². The van der Waals surface area contributed by atoms with Gasteiger partial charge in [-0.2, -0.15) is 4.37 Å². The summed E-state index contributed by atoms with van der Waals surface area (Å²) in [6, 6.07) is 13.1. The highest BCUT2D eigenvalue weighted by Gasteiger charge is 2.35. The summed E-state index contributed by atoms with van der Waals surface area (Å²) in [6.45, 7) is 3.35. The van der Waals surface area contributed by atoms with Crippen molar-refractivity contribution in [3.8, 4) is 11.5 Å². The molecule has 3 aromatic rings. The smallest absolute Gasteiger partial charge is 0.270 e. The molecule has 40 heavy (non-hydrogen) atoms. The molecule has 1 aliphatic rings. The minimum absolute atomic E-state index is 0.0135. The van der Waals surface area contributed by atoms with Crippen molar-refractivity contribution in [3.05, 3.63) is 70.2 Å². The van der Waals surface area contributed by atoms with Crippen molar-refractivity contribution >= 4 is 34.9 Å². The summed E-state index contributed by atoms with van der Waals surface area (Å²) in [7, 11) is 1.55. The Labute approximate surface area is 236 Å². The van der Waals surface area contributed by atoms with Gasteiger partial charge in [0, 0.05) is 19.7 Å². The van der Waals surface area contributed by atoms with E-state index in [0.717, 1.165) is 24.4 Å². The van der Waals surface area contributed by atoms with E-state index in [-0.39, 0.29) is 28.9 Å². The summed E-state index contributed by atoms with van der Waals surface area (Å²) < 4.78 is 20.6. The normalized spacial score (nSPS) is 15.3. The van der Waals surface area contributed by atoms with Crippen LogP contribution in [-0.4, -0.2) is 60.0 Å². The topological polar surface area (TPSA) is 159 Å². The van der Waals surface area contributed by atoms with E-state index >= 15 is 0 Å². The fourth-order valence-electron chi connectivity index (χ4n) is 4.51. The number of carbonyl (C=O) groups excluding carboxylic acids is 3. The summed E-state index contributed by atoms with van der Waals surface area (Å²) in [5, 5.41) is 2.96.